The van der Waals surface area contributed by atoms with Crippen LogP contribution in [0.3, 0.4) is 0 Å². The van der Waals surface area contributed by atoms with Crippen molar-refractivity contribution in [3.05, 3.63) is 45.4 Å². The first kappa shape index (κ1) is 16.7. The molecule has 2 aromatic rings. The van der Waals surface area contributed by atoms with E-state index in [0.29, 0.717) is 9.79 Å². The Hall–Kier alpha value is -0.715. The molecule has 2 nitrogen and oxygen atoms in total. The normalized spacial score (nSPS) is 11.7. The minimum Gasteiger partial charge on any atom is -0.218 e. The summed E-state index contributed by atoms with van der Waals surface area (Å²) in [5.74, 6) is 0. The number of hydrogen-bond donors (Lipinski definition) is 1. The lowest BCUT2D eigenvalue weighted by atomic mass is 9.86. The Morgan fingerprint density at radius 2 is 1.52 bits per heavy atom. The summed E-state index contributed by atoms with van der Waals surface area (Å²) in [7, 11) is -1.74. The molecule has 21 heavy (non-hydrogen) atoms. The maximum atomic E-state index is 12.9. The van der Waals surface area contributed by atoms with Crippen LogP contribution in [0.1, 0.15) is 16.7 Å². The molecule has 0 radical (unpaired) electrons. The zero-order valence-electron chi connectivity index (χ0n) is 12.4. The highest BCUT2D eigenvalue weighted by Crippen LogP contribution is 2.30. The second-order valence-corrected chi connectivity index (χ2v) is 8.38. The van der Waals surface area contributed by atoms with Crippen LogP contribution in [0.2, 0.25) is 0 Å². The van der Waals surface area contributed by atoms with Gasteiger partial charge in [-0.25, -0.2) is 8.42 Å². The lowest BCUT2D eigenvalue weighted by molar-refractivity contribution is 0.594. The minimum atomic E-state index is -3.58. The van der Waals surface area contributed by atoms with Crippen LogP contribution in [0.25, 0.3) is 0 Å². The van der Waals surface area contributed by atoms with Gasteiger partial charge in [-0.05, 0) is 56.2 Å². The number of rotatable bonds is 2. The number of benzene rings is 2. The average molecular weight is 383 g/mol. The van der Waals surface area contributed by atoms with Gasteiger partial charge in [0.25, 0.3) is 0 Å². The first-order valence-electron chi connectivity index (χ1n) is 6.48. The first-order valence-corrected chi connectivity index (χ1v) is 9.20. The van der Waals surface area contributed by atoms with Crippen LogP contribution in [-0.4, -0.2) is 16.3 Å². The van der Waals surface area contributed by atoms with Gasteiger partial charge in [0.15, 0.2) is 0 Å². The molecule has 0 N–H and O–H groups in total. The molecule has 0 heterocycles. The van der Waals surface area contributed by atoms with Crippen LogP contribution in [0.15, 0.2) is 43.4 Å². The van der Waals surface area contributed by atoms with Crippen molar-refractivity contribution < 1.29 is 8.42 Å². The number of halogens is 1. The van der Waals surface area contributed by atoms with Gasteiger partial charge in [0.2, 0.25) is 9.84 Å². The molecule has 2 rings (SSSR count). The summed E-state index contributed by atoms with van der Waals surface area (Å²) in [5.41, 5.74) is 3.77. The van der Waals surface area contributed by atoms with Crippen molar-refractivity contribution in [3.8, 4) is 0 Å². The van der Waals surface area contributed by atoms with Gasteiger partial charge >= 0.3 is 0 Å². The summed E-state index contributed by atoms with van der Waals surface area (Å²) in [6, 6.07) is 6.68. The van der Waals surface area contributed by atoms with E-state index >= 15 is 0 Å². The minimum absolute atomic E-state index is 0.284. The van der Waals surface area contributed by atoms with E-state index in [4.69, 9.17) is 0 Å². The highest BCUT2D eigenvalue weighted by molar-refractivity contribution is 9.10. The SMILES string of the molecule is Bc1c(C)c(C)c(C)c(S)c1S(=O)(=O)c1ccc(Br)cc1. The van der Waals surface area contributed by atoms with Crippen LogP contribution in [0.4, 0.5) is 0 Å². The zero-order chi connectivity index (χ0) is 15.9. The van der Waals surface area contributed by atoms with Crippen LogP contribution in [0.5, 0.6) is 0 Å². The molecule has 110 valence electrons. The van der Waals surface area contributed by atoms with E-state index in [1.54, 1.807) is 24.3 Å². The second-order valence-electron chi connectivity index (χ2n) is 5.14. The molecule has 0 atom stereocenters. The van der Waals surface area contributed by atoms with Crippen molar-refractivity contribution in [2.45, 2.75) is 35.5 Å². The third-order valence-corrected chi connectivity index (χ3v) is 7.17. The lowest BCUT2D eigenvalue weighted by Gasteiger charge is -2.18. The topological polar surface area (TPSA) is 34.1 Å². The van der Waals surface area contributed by atoms with Gasteiger partial charge in [0, 0.05) is 9.37 Å². The van der Waals surface area contributed by atoms with E-state index in [-0.39, 0.29) is 4.90 Å². The summed E-state index contributed by atoms with van der Waals surface area (Å²) in [6.45, 7) is 5.85. The van der Waals surface area contributed by atoms with E-state index in [1.165, 1.54) is 0 Å². The maximum Gasteiger partial charge on any atom is 0.207 e. The fourth-order valence-corrected chi connectivity index (χ4v) is 4.97. The molecule has 0 amide bonds. The van der Waals surface area contributed by atoms with Gasteiger partial charge in [-0.15, -0.1) is 12.6 Å². The van der Waals surface area contributed by atoms with Gasteiger partial charge < -0.3 is 0 Å². The van der Waals surface area contributed by atoms with E-state index in [1.807, 2.05) is 28.6 Å². The zero-order valence-corrected chi connectivity index (χ0v) is 15.7. The summed E-state index contributed by atoms with van der Waals surface area (Å²) in [5, 5.41) is 0. The molecular formula is C15H16BBrO2S2. The molecule has 0 aromatic heterocycles. The van der Waals surface area contributed by atoms with E-state index in [2.05, 4.69) is 28.6 Å². The molecule has 0 spiro atoms. The van der Waals surface area contributed by atoms with Crippen LogP contribution < -0.4 is 5.46 Å². The third-order valence-electron chi connectivity index (χ3n) is 3.99. The van der Waals surface area contributed by atoms with Crippen molar-refractivity contribution in [2.24, 2.45) is 0 Å². The van der Waals surface area contributed by atoms with E-state index in [0.717, 1.165) is 26.6 Å². The predicted octanol–water partition coefficient (Wildman–Crippen LogP) is 2.75. The highest BCUT2D eigenvalue weighted by atomic mass is 79.9. The molecule has 0 aliphatic carbocycles. The van der Waals surface area contributed by atoms with E-state index in [9.17, 15) is 8.42 Å². The maximum absolute atomic E-state index is 12.9. The monoisotopic (exact) mass is 382 g/mol. The molecular weight excluding hydrogens is 367 g/mol. The molecule has 0 aliphatic rings. The Labute approximate surface area is 140 Å². The van der Waals surface area contributed by atoms with Crippen molar-refractivity contribution in [2.75, 3.05) is 0 Å². The Balaban J connectivity index is 2.80. The van der Waals surface area contributed by atoms with E-state index < -0.39 is 9.84 Å². The predicted molar refractivity (Wildman–Crippen MR) is 95.7 cm³/mol. The lowest BCUT2D eigenvalue weighted by Crippen LogP contribution is -2.22. The molecule has 0 unspecified atom stereocenters. The van der Waals surface area contributed by atoms with Crippen molar-refractivity contribution in [3.63, 3.8) is 0 Å². The van der Waals surface area contributed by atoms with Gasteiger partial charge in [-0.1, -0.05) is 27.0 Å². The van der Waals surface area contributed by atoms with Crippen LogP contribution >= 0.6 is 28.6 Å². The van der Waals surface area contributed by atoms with Crippen molar-refractivity contribution in [1.82, 2.24) is 0 Å². The Morgan fingerprint density at radius 1 is 1.00 bits per heavy atom. The fraction of sp³-hybridized carbons (Fsp3) is 0.200. The summed E-state index contributed by atoms with van der Waals surface area (Å²) in [6.07, 6.45) is 0. The van der Waals surface area contributed by atoms with Crippen molar-refractivity contribution >= 4 is 51.7 Å². The molecule has 2 aromatic carbocycles. The number of hydrogen-bond acceptors (Lipinski definition) is 3. The van der Waals surface area contributed by atoms with Crippen molar-refractivity contribution in [1.29, 1.82) is 0 Å². The molecule has 0 saturated carbocycles. The standard InChI is InChI=1S/C15H16BBrO2S2/c1-8-9(2)13(16)15(14(20)10(8)3)21(18,19)12-6-4-11(17)5-7-12/h4-7,20H,16H2,1-3H3. The molecule has 0 bridgehead atoms. The fourth-order valence-electron chi connectivity index (χ4n) is 2.32. The summed E-state index contributed by atoms with van der Waals surface area (Å²) < 4.78 is 26.7. The first-order chi connectivity index (χ1) is 9.67. The van der Waals surface area contributed by atoms with Crippen LogP contribution in [-0.2, 0) is 9.84 Å². The number of thiol groups is 1. The van der Waals surface area contributed by atoms with Crippen LogP contribution in [0, 0.1) is 20.8 Å². The molecule has 0 saturated heterocycles. The molecule has 0 aliphatic heterocycles. The van der Waals surface area contributed by atoms with Gasteiger partial charge in [-0.2, -0.15) is 0 Å². The second kappa shape index (κ2) is 5.82. The smallest absolute Gasteiger partial charge is 0.207 e. The van der Waals surface area contributed by atoms with Gasteiger partial charge in [0.1, 0.15) is 7.85 Å². The Morgan fingerprint density at radius 3 is 2.05 bits per heavy atom. The number of sulfone groups is 1. The largest absolute Gasteiger partial charge is 0.218 e. The highest BCUT2D eigenvalue weighted by Gasteiger charge is 2.25. The summed E-state index contributed by atoms with van der Waals surface area (Å²) >= 11 is 7.79. The Bertz CT molecular complexity index is 784. The average Bonchev–Trinajstić information content (AvgIpc) is 2.43. The Kier molecular flexibility index (Phi) is 4.61. The van der Waals surface area contributed by atoms with Gasteiger partial charge in [0.05, 0.1) is 9.79 Å². The van der Waals surface area contributed by atoms with Gasteiger partial charge in [-0.3, -0.25) is 0 Å². The molecule has 0 fully saturated rings. The quantitative estimate of drug-likeness (QED) is 0.640. The third kappa shape index (κ3) is 2.81. The summed E-state index contributed by atoms with van der Waals surface area (Å²) in [4.78, 5) is 1.14. The molecule has 6 heteroatoms.